The number of nitrogens with two attached hydrogens (primary N) is 1. The zero-order valence-corrected chi connectivity index (χ0v) is 10.7. The van der Waals surface area contributed by atoms with Gasteiger partial charge in [0.15, 0.2) is 0 Å². The van der Waals surface area contributed by atoms with Gasteiger partial charge in [0.05, 0.1) is 11.7 Å². The summed E-state index contributed by atoms with van der Waals surface area (Å²) in [6.45, 7) is 3.11. The lowest BCUT2D eigenvalue weighted by atomic mass is 10.2. The fourth-order valence-electron chi connectivity index (χ4n) is 1.93. The zero-order chi connectivity index (χ0) is 13.0. The number of rotatable bonds is 1. The zero-order valence-electron chi connectivity index (χ0n) is 10.7. The van der Waals surface area contributed by atoms with Crippen LogP contribution in [0.4, 0.5) is 5.82 Å². The third-order valence-corrected chi connectivity index (χ3v) is 3.22. The predicted molar refractivity (Wildman–Crippen MR) is 70.0 cm³/mol. The molecule has 2 N–H and O–H groups in total. The molecule has 4 heteroatoms. The van der Waals surface area contributed by atoms with Crippen LogP contribution in [-0.2, 0) is 4.74 Å². The van der Waals surface area contributed by atoms with Crippen LogP contribution in [-0.4, -0.2) is 17.7 Å². The van der Waals surface area contributed by atoms with Crippen LogP contribution < -0.4 is 5.73 Å². The summed E-state index contributed by atoms with van der Waals surface area (Å²) in [5, 5.41) is 8.59. The second-order valence-electron chi connectivity index (χ2n) is 4.88. The van der Waals surface area contributed by atoms with Gasteiger partial charge in [-0.05, 0) is 44.7 Å². The van der Waals surface area contributed by atoms with Crippen molar-refractivity contribution in [3.63, 3.8) is 0 Å². The first-order chi connectivity index (χ1) is 8.70. The van der Waals surface area contributed by atoms with Crippen LogP contribution in [0.5, 0.6) is 0 Å². The molecule has 0 radical (unpaired) electrons. The number of ether oxygens (including phenoxy) is 1. The lowest BCUT2D eigenvalue weighted by Crippen LogP contribution is -1.97. The van der Waals surface area contributed by atoms with Gasteiger partial charge in [0.25, 0.3) is 0 Å². The lowest BCUT2D eigenvalue weighted by Gasteiger charge is -1.99. The van der Waals surface area contributed by atoms with Crippen molar-refractivity contribution in [2.45, 2.75) is 44.6 Å². The molecule has 1 saturated heterocycles. The van der Waals surface area contributed by atoms with Crippen molar-refractivity contribution in [2.24, 2.45) is 0 Å². The minimum atomic E-state index is 0.363. The van der Waals surface area contributed by atoms with Gasteiger partial charge >= 0.3 is 0 Å². The molecule has 18 heavy (non-hydrogen) atoms. The molecule has 0 spiro atoms. The number of pyridine rings is 1. The van der Waals surface area contributed by atoms with Crippen LogP contribution in [0.2, 0.25) is 0 Å². The topological polar surface area (TPSA) is 71.9 Å². The van der Waals surface area contributed by atoms with Gasteiger partial charge in [0.2, 0.25) is 0 Å². The average molecular weight is 245 g/mol. The normalized spacial score (nSPS) is 21.9. The fraction of sp³-hybridized carbons (Fsp3) is 0.571. The molecule has 4 nitrogen and oxygen atoms in total. The van der Waals surface area contributed by atoms with E-state index in [0.29, 0.717) is 23.4 Å². The van der Waals surface area contributed by atoms with Crippen LogP contribution in [0.3, 0.4) is 0 Å². The monoisotopic (exact) mass is 245 g/mol. The Kier molecular flexibility index (Phi) is 4.16. The lowest BCUT2D eigenvalue weighted by molar-refractivity contribution is 0.125. The van der Waals surface area contributed by atoms with E-state index in [1.807, 2.05) is 12.1 Å². The number of nitriles is 1. The number of aromatic nitrogens is 1. The number of anilines is 1. The summed E-state index contributed by atoms with van der Waals surface area (Å²) in [6, 6.07) is 5.64. The smallest absolute Gasteiger partial charge is 0.141 e. The first kappa shape index (κ1) is 12.8. The van der Waals surface area contributed by atoms with Crippen LogP contribution in [0.25, 0.3) is 0 Å². The summed E-state index contributed by atoms with van der Waals surface area (Å²) < 4.78 is 5.15. The van der Waals surface area contributed by atoms with Gasteiger partial charge in [-0.25, -0.2) is 4.98 Å². The Morgan fingerprint density at radius 3 is 2.56 bits per heavy atom. The molecule has 1 atom stereocenters. The van der Waals surface area contributed by atoms with E-state index in [2.05, 4.69) is 11.9 Å². The Morgan fingerprint density at radius 2 is 2.17 bits per heavy atom. The van der Waals surface area contributed by atoms with E-state index in [-0.39, 0.29) is 0 Å². The van der Waals surface area contributed by atoms with Crippen molar-refractivity contribution in [1.82, 2.24) is 4.98 Å². The highest BCUT2D eigenvalue weighted by Gasteiger charge is 2.25. The molecule has 1 saturated carbocycles. The van der Waals surface area contributed by atoms with Gasteiger partial charge in [-0.15, -0.1) is 0 Å². The third-order valence-electron chi connectivity index (χ3n) is 3.22. The third kappa shape index (κ3) is 3.44. The molecule has 1 aromatic rings. The van der Waals surface area contributed by atoms with Crippen molar-refractivity contribution in [3.8, 4) is 6.07 Å². The molecule has 0 bridgehead atoms. The Hall–Kier alpha value is -1.60. The van der Waals surface area contributed by atoms with Crippen molar-refractivity contribution in [2.75, 3.05) is 12.3 Å². The highest BCUT2D eigenvalue weighted by Crippen LogP contribution is 2.39. The summed E-state index contributed by atoms with van der Waals surface area (Å²) in [5.41, 5.74) is 7.07. The van der Waals surface area contributed by atoms with Gasteiger partial charge in [-0.2, -0.15) is 5.26 Å². The van der Waals surface area contributed by atoms with Crippen molar-refractivity contribution < 1.29 is 4.74 Å². The maximum atomic E-state index is 8.59. The van der Waals surface area contributed by atoms with E-state index in [4.69, 9.17) is 15.7 Å². The van der Waals surface area contributed by atoms with Crippen LogP contribution in [0.15, 0.2) is 12.1 Å². The van der Waals surface area contributed by atoms with Gasteiger partial charge in [0.1, 0.15) is 11.9 Å². The van der Waals surface area contributed by atoms with Crippen LogP contribution in [0.1, 0.15) is 49.8 Å². The summed E-state index contributed by atoms with van der Waals surface area (Å²) in [4.78, 5) is 4.16. The summed E-state index contributed by atoms with van der Waals surface area (Å²) in [6.07, 6.45) is 5.49. The second-order valence-corrected chi connectivity index (χ2v) is 4.88. The molecule has 2 fully saturated rings. The van der Waals surface area contributed by atoms with Crippen LogP contribution >= 0.6 is 0 Å². The van der Waals surface area contributed by atoms with Gasteiger partial charge in [0, 0.05) is 18.2 Å². The molecule has 0 aromatic carbocycles. The minimum absolute atomic E-state index is 0.363. The largest absolute Gasteiger partial charge is 0.383 e. The van der Waals surface area contributed by atoms with Crippen molar-refractivity contribution in [1.29, 1.82) is 5.26 Å². The maximum Gasteiger partial charge on any atom is 0.141 e. The average Bonchev–Trinajstić information content (AvgIpc) is 3.12. The summed E-state index contributed by atoms with van der Waals surface area (Å²) in [7, 11) is 0. The Morgan fingerprint density at radius 1 is 1.39 bits per heavy atom. The molecule has 3 rings (SSSR count). The Bertz CT molecular complexity index is 443. The second kappa shape index (κ2) is 5.83. The molecular weight excluding hydrogens is 226 g/mol. The molecule has 1 aliphatic heterocycles. The molecule has 1 unspecified atom stereocenters. The molecule has 96 valence electrons. The molecule has 1 aromatic heterocycles. The predicted octanol–water partition coefficient (Wildman–Crippen LogP) is 2.60. The molecular formula is C14H19N3O. The fourth-order valence-corrected chi connectivity index (χ4v) is 1.93. The minimum Gasteiger partial charge on any atom is -0.383 e. The van der Waals surface area contributed by atoms with E-state index in [9.17, 15) is 0 Å². The van der Waals surface area contributed by atoms with E-state index < -0.39 is 0 Å². The van der Waals surface area contributed by atoms with Gasteiger partial charge in [-0.1, -0.05) is 0 Å². The number of hydrogen-bond acceptors (Lipinski definition) is 4. The highest BCUT2D eigenvalue weighted by molar-refractivity contribution is 5.49. The van der Waals surface area contributed by atoms with Gasteiger partial charge in [-0.3, -0.25) is 0 Å². The SMILES string of the molecule is CC1CCCO1.N#Cc1ccc(C2CC2)nc1N. The molecule has 2 heterocycles. The van der Waals surface area contributed by atoms with E-state index in [1.54, 1.807) is 6.07 Å². The quantitative estimate of drug-likeness (QED) is 0.825. The number of nitrogens with zero attached hydrogens (tertiary/aromatic N) is 2. The first-order valence-electron chi connectivity index (χ1n) is 6.49. The van der Waals surface area contributed by atoms with Gasteiger partial charge < -0.3 is 10.5 Å². The van der Waals surface area contributed by atoms with E-state index >= 15 is 0 Å². The van der Waals surface area contributed by atoms with Crippen LogP contribution in [0, 0.1) is 11.3 Å². The number of hydrogen-bond donors (Lipinski definition) is 1. The summed E-state index contributed by atoms with van der Waals surface area (Å²) >= 11 is 0. The molecule has 1 aliphatic carbocycles. The first-order valence-corrected chi connectivity index (χ1v) is 6.49. The Balaban J connectivity index is 0.000000169. The summed E-state index contributed by atoms with van der Waals surface area (Å²) in [5.74, 6) is 0.960. The van der Waals surface area contributed by atoms with Crippen molar-refractivity contribution >= 4 is 5.82 Å². The molecule has 2 aliphatic rings. The maximum absolute atomic E-state index is 8.59. The standard InChI is InChI=1S/C9H9N3.C5H10O/c10-5-7-3-4-8(6-1-2-6)12-9(7)11;1-5-3-2-4-6-5/h3-4,6H,1-2H2,(H2,11,12);5H,2-4H2,1H3. The Labute approximate surface area is 108 Å². The van der Waals surface area contributed by atoms with Crippen molar-refractivity contribution in [3.05, 3.63) is 23.4 Å². The van der Waals surface area contributed by atoms with E-state index in [0.717, 1.165) is 12.3 Å². The molecule has 0 amide bonds. The highest BCUT2D eigenvalue weighted by atomic mass is 16.5. The number of nitrogen functional groups attached to an aromatic ring is 1. The van der Waals surface area contributed by atoms with E-state index in [1.165, 1.54) is 25.7 Å².